The lowest BCUT2D eigenvalue weighted by Crippen LogP contribution is -2.40. The van der Waals surface area contributed by atoms with Crippen molar-refractivity contribution in [3.63, 3.8) is 0 Å². The van der Waals surface area contributed by atoms with E-state index >= 15 is 0 Å². The van der Waals surface area contributed by atoms with Crippen LogP contribution in [-0.4, -0.2) is 34.5 Å². The fourth-order valence-electron chi connectivity index (χ4n) is 1.22. The summed E-state index contributed by atoms with van der Waals surface area (Å²) in [5.74, 6) is -1.01. The van der Waals surface area contributed by atoms with Crippen LogP contribution in [0.25, 0.3) is 0 Å². The number of carboxylic acid groups (broad SMARTS) is 1. The largest absolute Gasteiger partial charge is 0.481 e. The Kier molecular flexibility index (Phi) is 5.20. The SMILES string of the molecule is CC(C)CN(C(=O)CC(=O)O)C(C)C. The van der Waals surface area contributed by atoms with Gasteiger partial charge in [-0.25, -0.2) is 0 Å². The molecule has 0 aromatic heterocycles. The van der Waals surface area contributed by atoms with Gasteiger partial charge in [0.25, 0.3) is 0 Å². The first-order valence-corrected chi connectivity index (χ1v) is 4.85. The molecule has 0 aromatic carbocycles. The van der Waals surface area contributed by atoms with Gasteiger partial charge in [0, 0.05) is 12.6 Å². The molecule has 0 rings (SSSR count). The predicted molar refractivity (Wildman–Crippen MR) is 53.9 cm³/mol. The van der Waals surface area contributed by atoms with Gasteiger partial charge in [-0.3, -0.25) is 9.59 Å². The second-order valence-electron chi connectivity index (χ2n) is 4.10. The van der Waals surface area contributed by atoms with Gasteiger partial charge in [0.2, 0.25) is 5.91 Å². The van der Waals surface area contributed by atoms with Crippen molar-refractivity contribution in [1.82, 2.24) is 4.90 Å². The molecule has 0 bridgehead atoms. The molecular weight excluding hydrogens is 182 g/mol. The molecule has 0 saturated carbocycles. The smallest absolute Gasteiger partial charge is 0.312 e. The quantitative estimate of drug-likeness (QED) is 0.683. The second-order valence-corrected chi connectivity index (χ2v) is 4.10. The number of amides is 1. The minimum absolute atomic E-state index is 0.0595. The number of hydrogen-bond acceptors (Lipinski definition) is 2. The Balaban J connectivity index is 4.33. The van der Waals surface area contributed by atoms with Gasteiger partial charge in [0.15, 0.2) is 0 Å². The molecule has 0 radical (unpaired) electrons. The maximum Gasteiger partial charge on any atom is 0.312 e. The summed E-state index contributed by atoms with van der Waals surface area (Å²) in [6, 6.07) is 0.0595. The zero-order chi connectivity index (χ0) is 11.3. The van der Waals surface area contributed by atoms with Crippen LogP contribution < -0.4 is 0 Å². The first-order valence-electron chi connectivity index (χ1n) is 4.85. The number of carbonyl (C=O) groups is 2. The number of nitrogens with zero attached hydrogens (tertiary/aromatic N) is 1. The Hall–Kier alpha value is -1.06. The summed E-state index contributed by atoms with van der Waals surface area (Å²) >= 11 is 0. The fourth-order valence-corrected chi connectivity index (χ4v) is 1.22. The van der Waals surface area contributed by atoms with Crippen molar-refractivity contribution in [2.75, 3.05) is 6.54 Å². The summed E-state index contributed by atoms with van der Waals surface area (Å²) in [4.78, 5) is 23.5. The molecule has 14 heavy (non-hydrogen) atoms. The molecule has 1 N–H and O–H groups in total. The van der Waals surface area contributed by atoms with Gasteiger partial charge in [0.1, 0.15) is 6.42 Å². The average Bonchev–Trinajstić information content (AvgIpc) is 1.97. The Morgan fingerprint density at radius 3 is 2.00 bits per heavy atom. The topological polar surface area (TPSA) is 57.6 Å². The van der Waals surface area contributed by atoms with Gasteiger partial charge in [-0.05, 0) is 19.8 Å². The Morgan fingerprint density at radius 1 is 1.21 bits per heavy atom. The van der Waals surface area contributed by atoms with Crippen LogP contribution in [-0.2, 0) is 9.59 Å². The molecule has 4 nitrogen and oxygen atoms in total. The van der Waals surface area contributed by atoms with Crippen molar-refractivity contribution in [3.05, 3.63) is 0 Å². The highest BCUT2D eigenvalue weighted by molar-refractivity contribution is 5.93. The minimum atomic E-state index is -1.07. The van der Waals surface area contributed by atoms with Gasteiger partial charge < -0.3 is 10.0 Å². The van der Waals surface area contributed by atoms with Crippen molar-refractivity contribution in [2.24, 2.45) is 5.92 Å². The van der Waals surface area contributed by atoms with E-state index in [1.807, 2.05) is 27.7 Å². The second kappa shape index (κ2) is 5.62. The Labute approximate surface area is 84.9 Å². The van der Waals surface area contributed by atoms with Gasteiger partial charge in [-0.15, -0.1) is 0 Å². The van der Waals surface area contributed by atoms with Crippen LogP contribution in [0.15, 0.2) is 0 Å². The van der Waals surface area contributed by atoms with Crippen LogP contribution in [0, 0.1) is 5.92 Å². The van der Waals surface area contributed by atoms with E-state index in [0.717, 1.165) is 0 Å². The van der Waals surface area contributed by atoms with E-state index in [9.17, 15) is 9.59 Å². The predicted octanol–water partition coefficient (Wildman–Crippen LogP) is 1.35. The maximum absolute atomic E-state index is 11.5. The number of carboxylic acids is 1. The zero-order valence-electron chi connectivity index (χ0n) is 9.28. The number of aliphatic carboxylic acids is 1. The van der Waals surface area contributed by atoms with Crippen molar-refractivity contribution in [2.45, 2.75) is 40.2 Å². The maximum atomic E-state index is 11.5. The monoisotopic (exact) mass is 201 g/mol. The third-order valence-electron chi connectivity index (χ3n) is 1.81. The molecule has 1 amide bonds. The molecule has 4 heteroatoms. The van der Waals surface area contributed by atoms with Gasteiger partial charge in [0.05, 0.1) is 0 Å². The molecule has 0 spiro atoms. The van der Waals surface area contributed by atoms with Crippen molar-refractivity contribution in [3.8, 4) is 0 Å². The van der Waals surface area contributed by atoms with Crippen LogP contribution in [0.4, 0.5) is 0 Å². The van der Waals surface area contributed by atoms with E-state index in [2.05, 4.69) is 0 Å². The van der Waals surface area contributed by atoms with Crippen LogP contribution >= 0.6 is 0 Å². The lowest BCUT2D eigenvalue weighted by atomic mass is 10.1. The first-order chi connectivity index (χ1) is 6.34. The summed E-state index contributed by atoms with van der Waals surface area (Å²) in [5, 5.41) is 8.50. The highest BCUT2D eigenvalue weighted by atomic mass is 16.4. The molecule has 82 valence electrons. The summed E-state index contributed by atoms with van der Waals surface area (Å²) in [6.07, 6.45) is -0.412. The highest BCUT2D eigenvalue weighted by Gasteiger charge is 2.19. The van der Waals surface area contributed by atoms with Crippen LogP contribution in [0.2, 0.25) is 0 Å². The van der Waals surface area contributed by atoms with E-state index in [1.54, 1.807) is 4.90 Å². The molecule has 0 heterocycles. The molecule has 0 atom stereocenters. The minimum Gasteiger partial charge on any atom is -0.481 e. The van der Waals surface area contributed by atoms with Gasteiger partial charge >= 0.3 is 5.97 Å². The number of hydrogen-bond donors (Lipinski definition) is 1. The van der Waals surface area contributed by atoms with E-state index in [1.165, 1.54) is 0 Å². The lowest BCUT2D eigenvalue weighted by Gasteiger charge is -2.28. The first kappa shape index (κ1) is 12.9. The number of carbonyl (C=O) groups excluding carboxylic acids is 1. The Morgan fingerprint density at radius 2 is 1.71 bits per heavy atom. The highest BCUT2D eigenvalue weighted by Crippen LogP contribution is 2.06. The molecule has 0 fully saturated rings. The molecule has 0 saturated heterocycles. The molecule has 0 aliphatic heterocycles. The third-order valence-corrected chi connectivity index (χ3v) is 1.81. The molecular formula is C10H19NO3. The Bertz CT molecular complexity index is 211. The zero-order valence-corrected chi connectivity index (χ0v) is 9.28. The van der Waals surface area contributed by atoms with Crippen molar-refractivity contribution >= 4 is 11.9 Å². The van der Waals surface area contributed by atoms with Crippen LogP contribution in [0.1, 0.15) is 34.1 Å². The molecule has 0 aromatic rings. The van der Waals surface area contributed by atoms with E-state index in [4.69, 9.17) is 5.11 Å². The number of rotatable bonds is 5. The standard InChI is InChI=1S/C10H19NO3/c1-7(2)6-11(8(3)4)9(12)5-10(13)14/h7-8H,5-6H2,1-4H3,(H,13,14). The molecule has 0 unspecified atom stereocenters. The summed E-state index contributed by atoms with van der Waals surface area (Å²) in [6.45, 7) is 8.40. The van der Waals surface area contributed by atoms with Crippen molar-refractivity contribution < 1.29 is 14.7 Å². The van der Waals surface area contributed by atoms with Gasteiger partial charge in [-0.1, -0.05) is 13.8 Å². The van der Waals surface area contributed by atoms with E-state index in [-0.39, 0.29) is 11.9 Å². The normalized spacial score (nSPS) is 10.7. The van der Waals surface area contributed by atoms with Crippen molar-refractivity contribution in [1.29, 1.82) is 0 Å². The summed E-state index contributed by atoms with van der Waals surface area (Å²) in [7, 11) is 0. The fraction of sp³-hybridized carbons (Fsp3) is 0.800. The van der Waals surface area contributed by atoms with Crippen LogP contribution in [0.3, 0.4) is 0 Å². The summed E-state index contributed by atoms with van der Waals surface area (Å²) < 4.78 is 0. The lowest BCUT2D eigenvalue weighted by molar-refractivity contribution is -0.145. The third kappa shape index (κ3) is 4.84. The van der Waals surface area contributed by atoms with E-state index < -0.39 is 12.4 Å². The molecule has 0 aliphatic carbocycles. The van der Waals surface area contributed by atoms with Gasteiger partial charge in [-0.2, -0.15) is 0 Å². The average molecular weight is 201 g/mol. The van der Waals surface area contributed by atoms with Crippen LogP contribution in [0.5, 0.6) is 0 Å². The van der Waals surface area contributed by atoms with E-state index in [0.29, 0.717) is 12.5 Å². The summed E-state index contributed by atoms with van der Waals surface area (Å²) in [5.41, 5.74) is 0. The molecule has 0 aliphatic rings.